The number of amides is 6. The smallest absolute Gasteiger partial charge is 0.382 e. The van der Waals surface area contributed by atoms with Crippen molar-refractivity contribution in [3.63, 3.8) is 0 Å². The number of carbonyl (C=O) groups is 5. The van der Waals surface area contributed by atoms with E-state index in [4.69, 9.17) is 4.74 Å². The number of benzene rings is 1. The molecule has 0 aliphatic carbocycles. The summed E-state index contributed by atoms with van der Waals surface area (Å²) < 4.78 is 36.6. The van der Waals surface area contributed by atoms with Gasteiger partial charge in [-0.05, 0) is 12.5 Å². The summed E-state index contributed by atoms with van der Waals surface area (Å²) in [5.41, 5.74) is 0.309. The van der Waals surface area contributed by atoms with E-state index >= 15 is 0 Å². The molecule has 0 bridgehead atoms. The predicted octanol–water partition coefficient (Wildman–Crippen LogP) is -1.92. The molecule has 2 aliphatic rings. The molecule has 15 heteroatoms. The highest BCUT2D eigenvalue weighted by atomic mass is 32.2. The van der Waals surface area contributed by atoms with Gasteiger partial charge in [-0.2, -0.15) is 12.9 Å². The monoisotopic (exact) mass is 512 g/mol. The first kappa shape index (κ1) is 26.2. The van der Waals surface area contributed by atoms with Gasteiger partial charge in [-0.25, -0.2) is 13.9 Å². The molecule has 6 amide bonds. The van der Waals surface area contributed by atoms with Gasteiger partial charge in [0.1, 0.15) is 24.7 Å². The van der Waals surface area contributed by atoms with Crippen LogP contribution in [0, 0.1) is 0 Å². The van der Waals surface area contributed by atoms with Gasteiger partial charge in [-0.1, -0.05) is 30.3 Å². The Kier molecular flexibility index (Phi) is 7.54. The first-order chi connectivity index (χ1) is 16.5. The van der Waals surface area contributed by atoms with Gasteiger partial charge in [0.25, 0.3) is 5.91 Å². The maximum absolute atomic E-state index is 13.3. The average molecular weight is 513 g/mol. The Morgan fingerprint density at radius 1 is 1.26 bits per heavy atom. The molecule has 3 rings (SSSR count). The molecule has 0 saturated carbocycles. The quantitative estimate of drug-likeness (QED) is 0.133. The summed E-state index contributed by atoms with van der Waals surface area (Å²) in [5, 5.41) is 7.26. The molecule has 0 radical (unpaired) electrons. The van der Waals surface area contributed by atoms with Crippen molar-refractivity contribution >= 4 is 40.0 Å². The number of β-lactam (4-membered cyclic amide) rings is 1. The van der Waals surface area contributed by atoms with Gasteiger partial charge in [-0.3, -0.25) is 24.3 Å². The lowest BCUT2D eigenvalue weighted by molar-refractivity contribution is -0.769. The van der Waals surface area contributed by atoms with Crippen molar-refractivity contribution in [2.75, 3.05) is 33.4 Å². The highest BCUT2D eigenvalue weighted by Crippen LogP contribution is 2.25. The Morgan fingerprint density at radius 2 is 1.91 bits per heavy atom. The third kappa shape index (κ3) is 4.88. The molecule has 4 N–H and O–H groups in total. The predicted molar refractivity (Wildman–Crippen MR) is 117 cm³/mol. The average Bonchev–Trinajstić information content (AvgIpc) is 2.82. The lowest BCUT2D eigenvalue weighted by Crippen LogP contribution is -2.74. The number of carbonyl (C=O) groups excluding carboxylic acids is 5. The van der Waals surface area contributed by atoms with Gasteiger partial charge in [0, 0.05) is 7.11 Å². The Hall–Kier alpha value is -3.40. The Labute approximate surface area is 201 Å². The largest absolute Gasteiger partial charge is 0.425 e. The van der Waals surface area contributed by atoms with Crippen LogP contribution in [0.3, 0.4) is 0 Å². The normalized spacial score (nSPS) is 25.3. The lowest BCUT2D eigenvalue weighted by atomic mass is 9.98. The van der Waals surface area contributed by atoms with Crippen LogP contribution in [-0.4, -0.2) is 96.9 Å². The van der Waals surface area contributed by atoms with Gasteiger partial charge in [0.2, 0.25) is 5.91 Å². The van der Waals surface area contributed by atoms with Crippen molar-refractivity contribution in [1.82, 2.24) is 20.3 Å². The second-order valence-corrected chi connectivity index (χ2v) is 9.27. The molecule has 14 nitrogen and oxygen atoms in total. The molecule has 4 atom stereocenters. The zero-order valence-electron chi connectivity index (χ0n) is 19.0. The zero-order valence-corrected chi connectivity index (χ0v) is 19.8. The Balaban J connectivity index is 1.88. The number of urea groups is 1. The number of nitrogens with zero attached hydrogens (tertiary/aromatic N) is 2. The topological polar surface area (TPSA) is 188 Å². The number of likely N-dealkylation sites (N-methyl/N-ethyl adjacent to an activating group) is 1. The third-order valence-electron chi connectivity index (χ3n) is 6.01. The maximum Gasteiger partial charge on any atom is 0.425 e. The van der Waals surface area contributed by atoms with Crippen LogP contribution in [-0.2, 0) is 34.2 Å². The summed E-state index contributed by atoms with van der Waals surface area (Å²) in [5.74, 6) is -3.84. The number of rotatable bonds is 8. The van der Waals surface area contributed by atoms with Crippen molar-refractivity contribution in [2.24, 2.45) is 0 Å². The summed E-state index contributed by atoms with van der Waals surface area (Å²) in [6.07, 6.45) is 0. The second-order valence-electron chi connectivity index (χ2n) is 7.98. The van der Waals surface area contributed by atoms with Crippen LogP contribution in [0.5, 0.6) is 0 Å². The molecule has 2 saturated heterocycles. The molecule has 35 heavy (non-hydrogen) atoms. The van der Waals surface area contributed by atoms with E-state index in [1.54, 1.807) is 25.1 Å². The molecule has 4 unspecified atom stereocenters. The van der Waals surface area contributed by atoms with E-state index in [0.29, 0.717) is 5.56 Å². The summed E-state index contributed by atoms with van der Waals surface area (Å²) >= 11 is 0. The highest BCUT2D eigenvalue weighted by molar-refractivity contribution is 7.84. The van der Waals surface area contributed by atoms with E-state index in [1.807, 2.05) is 0 Å². The van der Waals surface area contributed by atoms with Crippen molar-refractivity contribution in [1.29, 1.82) is 0 Å². The zero-order chi connectivity index (χ0) is 26.0. The molecule has 0 aromatic heterocycles. The van der Waals surface area contributed by atoms with Crippen LogP contribution in [0.1, 0.15) is 18.5 Å². The second kappa shape index (κ2) is 10.1. The van der Waals surface area contributed by atoms with Gasteiger partial charge in [-0.15, -0.1) is 0 Å². The van der Waals surface area contributed by atoms with E-state index in [1.165, 1.54) is 19.2 Å². The minimum absolute atomic E-state index is 0.0175. The number of quaternary nitrogens is 1. The number of methoxy groups -OCH3 is 1. The standard InChI is InChI=1S/C20H25N5O9S/c1-3-25(10-9-21-17(27)19(25)29)20(30)23-14(12-7-5-4-6-8-12)16(26)22-15-13(11-34-2)24(18(15)28)35(31,32)33/h4-8,13-15H,3,9-11H2,1-2H3,(H3-,21,22,23,26,27,30,31,32,33)/p+1. The van der Waals surface area contributed by atoms with Crippen molar-refractivity contribution in [3.8, 4) is 0 Å². The fourth-order valence-corrected chi connectivity index (χ4v) is 4.96. The molecule has 2 heterocycles. The van der Waals surface area contributed by atoms with Crippen LogP contribution in [0.4, 0.5) is 4.79 Å². The minimum Gasteiger partial charge on any atom is -0.382 e. The van der Waals surface area contributed by atoms with E-state index in [9.17, 15) is 36.9 Å². The third-order valence-corrected chi connectivity index (χ3v) is 6.95. The van der Waals surface area contributed by atoms with E-state index in [2.05, 4.69) is 16.0 Å². The molecule has 190 valence electrons. The number of piperazine rings is 1. The van der Waals surface area contributed by atoms with Gasteiger partial charge in [0.05, 0.1) is 19.7 Å². The summed E-state index contributed by atoms with van der Waals surface area (Å²) in [4.78, 5) is 63.4. The van der Waals surface area contributed by atoms with E-state index < -0.39 is 62.6 Å². The van der Waals surface area contributed by atoms with Gasteiger partial charge in [0.15, 0.2) is 0 Å². The van der Waals surface area contributed by atoms with Crippen molar-refractivity contribution in [2.45, 2.75) is 25.0 Å². The van der Waals surface area contributed by atoms with Crippen molar-refractivity contribution < 1.29 is 46.2 Å². The van der Waals surface area contributed by atoms with Crippen molar-refractivity contribution in [3.05, 3.63) is 35.9 Å². The summed E-state index contributed by atoms with van der Waals surface area (Å²) in [6.45, 7) is 1.27. The van der Waals surface area contributed by atoms with Crippen LogP contribution in [0.2, 0.25) is 0 Å². The Bertz CT molecular complexity index is 1140. The van der Waals surface area contributed by atoms with E-state index in [-0.39, 0.29) is 30.5 Å². The molecule has 1 aromatic carbocycles. The van der Waals surface area contributed by atoms with Gasteiger partial charge < -0.3 is 15.4 Å². The SMILES string of the molecule is CC[N+]1(C(=O)NC(C(=O)NC2C(=O)N(S(=O)(=O)O)C2COC)c2ccccc2)CCNC(=O)C1=O. The molecule has 1 aromatic rings. The van der Waals surface area contributed by atoms with Gasteiger partial charge >= 0.3 is 28.1 Å². The highest BCUT2D eigenvalue weighted by Gasteiger charge is 2.55. The fraction of sp³-hybridized carbons (Fsp3) is 0.450. The number of ether oxygens (including phenoxy) is 1. The first-order valence-electron chi connectivity index (χ1n) is 10.6. The number of hydrogen-bond donors (Lipinski definition) is 4. The summed E-state index contributed by atoms with van der Waals surface area (Å²) in [7, 11) is -3.63. The fourth-order valence-electron chi connectivity index (χ4n) is 4.10. The van der Waals surface area contributed by atoms with Crippen LogP contribution >= 0.6 is 0 Å². The minimum atomic E-state index is -4.88. The molecule has 0 spiro atoms. The summed E-state index contributed by atoms with van der Waals surface area (Å²) in [6, 6.07) is 3.11. The maximum atomic E-state index is 13.3. The number of hydrogen-bond acceptors (Lipinski definition) is 8. The Morgan fingerprint density at radius 3 is 2.49 bits per heavy atom. The number of imide groups is 1. The lowest BCUT2D eigenvalue weighted by Gasteiger charge is -2.44. The van der Waals surface area contributed by atoms with Crippen LogP contribution < -0.4 is 16.0 Å². The first-order valence-corrected chi connectivity index (χ1v) is 12.0. The number of nitrogens with one attached hydrogen (secondary N) is 3. The molecular weight excluding hydrogens is 486 g/mol. The molecular formula is C20H26N5O9S+. The van der Waals surface area contributed by atoms with Crippen LogP contribution in [0.25, 0.3) is 0 Å². The molecule has 2 aliphatic heterocycles. The molecule has 2 fully saturated rings. The van der Waals surface area contributed by atoms with Crippen LogP contribution in [0.15, 0.2) is 30.3 Å². The van der Waals surface area contributed by atoms with E-state index in [0.717, 1.165) is 0 Å².